The Hall–Kier alpha value is -3.76. The number of nitrogens with two attached hydrogens (primary N) is 1. The maximum atomic E-state index is 12.4. The number of hydrogen-bond acceptors (Lipinski definition) is 8. The summed E-state index contributed by atoms with van der Waals surface area (Å²) >= 11 is 0. The van der Waals surface area contributed by atoms with Gasteiger partial charge in [-0.2, -0.15) is 0 Å². The maximum Gasteiger partial charge on any atom is 0.275 e. The Balaban J connectivity index is 1.48. The van der Waals surface area contributed by atoms with E-state index in [2.05, 4.69) is 27.2 Å². The summed E-state index contributed by atoms with van der Waals surface area (Å²) in [5.41, 5.74) is 8.43. The third kappa shape index (κ3) is 5.89. The number of amides is 1. The fraction of sp³-hybridized carbons (Fsp3) is 0.259. The topological polar surface area (TPSA) is 125 Å². The van der Waals surface area contributed by atoms with Crippen LogP contribution >= 0.6 is 0 Å². The molecule has 0 saturated carbocycles. The number of nitrogens with zero attached hydrogens (tertiary/aromatic N) is 2. The van der Waals surface area contributed by atoms with Gasteiger partial charge < -0.3 is 15.7 Å². The number of dihydropyridines is 1. The van der Waals surface area contributed by atoms with E-state index in [0.29, 0.717) is 12.1 Å². The highest BCUT2D eigenvalue weighted by atomic mass is 16.7. The first-order chi connectivity index (χ1) is 17.4. The molecule has 2 atom stereocenters. The summed E-state index contributed by atoms with van der Waals surface area (Å²) in [4.78, 5) is 21.8. The highest BCUT2D eigenvalue weighted by molar-refractivity contribution is 5.95. The van der Waals surface area contributed by atoms with Gasteiger partial charge in [0.15, 0.2) is 0 Å². The van der Waals surface area contributed by atoms with Crippen molar-refractivity contribution in [1.82, 2.24) is 26.1 Å². The molecule has 0 bridgehead atoms. The van der Waals surface area contributed by atoms with Crippen molar-refractivity contribution >= 4 is 22.5 Å². The molecule has 4 rings (SSSR count). The van der Waals surface area contributed by atoms with Crippen molar-refractivity contribution in [2.75, 3.05) is 13.7 Å². The molecule has 1 aliphatic heterocycles. The van der Waals surface area contributed by atoms with Gasteiger partial charge in [0.05, 0.1) is 11.6 Å². The Bertz CT molecular complexity index is 1300. The van der Waals surface area contributed by atoms with Crippen molar-refractivity contribution in [2.45, 2.75) is 32.7 Å². The molecule has 2 aromatic carbocycles. The average Bonchev–Trinajstić information content (AvgIpc) is 2.87. The number of carbonyl (C=O) groups excluding carboxylic acids is 1. The van der Waals surface area contributed by atoms with Crippen molar-refractivity contribution in [3.05, 3.63) is 94.8 Å². The lowest BCUT2D eigenvalue weighted by atomic mass is 10.0. The standard InChI is InChI=1S/C27H32N6O3/c1-17-13-21(7-8-22(17)27(35)32-36-16-18(2)34)24-10-11-25(29-3)26(31-24)33(28)15-19-6-9-23-20(14-19)5-4-12-30-23/h4-14,18,26,29,31,34H,15-16,28H2,1-3H3,(H,32,35)/t18-,26?/m1/s1. The molecule has 0 saturated heterocycles. The van der Waals surface area contributed by atoms with Crippen LogP contribution in [0.3, 0.4) is 0 Å². The number of hydrazine groups is 1. The van der Waals surface area contributed by atoms with Crippen LogP contribution in [0.2, 0.25) is 0 Å². The van der Waals surface area contributed by atoms with Crippen molar-refractivity contribution in [1.29, 1.82) is 0 Å². The van der Waals surface area contributed by atoms with E-state index in [-0.39, 0.29) is 18.7 Å². The monoisotopic (exact) mass is 488 g/mol. The Kier molecular flexibility index (Phi) is 7.97. The Labute approximate surface area is 210 Å². The van der Waals surface area contributed by atoms with Gasteiger partial charge in [-0.15, -0.1) is 0 Å². The fourth-order valence-corrected chi connectivity index (χ4v) is 4.09. The number of likely N-dealkylation sites (N-methyl/N-ethyl adjacent to an activating group) is 1. The summed E-state index contributed by atoms with van der Waals surface area (Å²) in [6, 6.07) is 15.7. The van der Waals surface area contributed by atoms with Crippen LogP contribution in [0.25, 0.3) is 16.6 Å². The summed E-state index contributed by atoms with van der Waals surface area (Å²) < 4.78 is 0. The van der Waals surface area contributed by atoms with Crippen molar-refractivity contribution in [3.8, 4) is 0 Å². The second kappa shape index (κ2) is 11.3. The summed E-state index contributed by atoms with van der Waals surface area (Å²) in [5, 5.41) is 18.8. The van der Waals surface area contributed by atoms with Crippen LogP contribution in [-0.4, -0.2) is 46.9 Å². The highest BCUT2D eigenvalue weighted by Gasteiger charge is 2.24. The number of allylic oxidation sites excluding steroid dienone is 2. The third-order valence-electron chi connectivity index (χ3n) is 5.94. The molecule has 36 heavy (non-hydrogen) atoms. The first-order valence-electron chi connectivity index (χ1n) is 11.8. The molecule has 9 heteroatoms. The van der Waals surface area contributed by atoms with Gasteiger partial charge in [0.2, 0.25) is 0 Å². The Morgan fingerprint density at radius 2 is 2.08 bits per heavy atom. The first kappa shape index (κ1) is 25.3. The summed E-state index contributed by atoms with van der Waals surface area (Å²) in [6.45, 7) is 4.00. The summed E-state index contributed by atoms with van der Waals surface area (Å²) in [7, 11) is 1.87. The van der Waals surface area contributed by atoms with Gasteiger partial charge in [0, 0.05) is 42.1 Å². The van der Waals surface area contributed by atoms with Gasteiger partial charge in [0.25, 0.3) is 5.91 Å². The molecule has 188 valence electrons. The van der Waals surface area contributed by atoms with Crippen LogP contribution < -0.4 is 22.0 Å². The van der Waals surface area contributed by atoms with Gasteiger partial charge in [-0.05, 0) is 73.0 Å². The zero-order valence-electron chi connectivity index (χ0n) is 20.7. The zero-order valence-corrected chi connectivity index (χ0v) is 20.7. The fourth-order valence-electron chi connectivity index (χ4n) is 4.09. The minimum Gasteiger partial charge on any atom is -0.391 e. The van der Waals surface area contributed by atoms with Gasteiger partial charge in [-0.25, -0.2) is 10.5 Å². The molecule has 0 radical (unpaired) electrons. The number of aliphatic hydroxyl groups is 1. The molecule has 6 N–H and O–H groups in total. The number of aliphatic hydroxyl groups excluding tert-OH is 1. The number of carbonyl (C=O) groups is 1. The van der Waals surface area contributed by atoms with Crippen molar-refractivity contribution in [2.24, 2.45) is 5.84 Å². The van der Waals surface area contributed by atoms with Gasteiger partial charge in [-0.3, -0.25) is 20.5 Å². The lowest BCUT2D eigenvalue weighted by Gasteiger charge is -2.34. The molecule has 0 spiro atoms. The molecule has 0 aliphatic carbocycles. The van der Waals surface area contributed by atoms with E-state index < -0.39 is 6.10 Å². The number of hydrogen-bond donors (Lipinski definition) is 5. The Morgan fingerprint density at radius 3 is 2.83 bits per heavy atom. The van der Waals surface area contributed by atoms with E-state index in [1.807, 2.05) is 62.5 Å². The second-order valence-electron chi connectivity index (χ2n) is 8.82. The van der Waals surface area contributed by atoms with Crippen LogP contribution in [0.15, 0.2) is 72.6 Å². The van der Waals surface area contributed by atoms with E-state index in [9.17, 15) is 9.90 Å². The van der Waals surface area contributed by atoms with Crippen LogP contribution in [0.4, 0.5) is 0 Å². The van der Waals surface area contributed by atoms with Crippen LogP contribution in [0.1, 0.15) is 34.0 Å². The van der Waals surface area contributed by atoms with Gasteiger partial charge in [0.1, 0.15) is 12.8 Å². The number of fused-ring (bicyclic) bond motifs is 1. The number of aryl methyl sites for hydroxylation is 1. The van der Waals surface area contributed by atoms with E-state index in [1.165, 1.54) is 0 Å². The maximum absolute atomic E-state index is 12.4. The molecular weight excluding hydrogens is 456 g/mol. The van der Waals surface area contributed by atoms with Crippen molar-refractivity contribution < 1.29 is 14.7 Å². The lowest BCUT2D eigenvalue weighted by Crippen LogP contribution is -2.52. The number of benzene rings is 2. The summed E-state index contributed by atoms with van der Waals surface area (Å²) in [6.07, 6.45) is 4.82. The first-order valence-corrected chi connectivity index (χ1v) is 11.8. The third-order valence-corrected chi connectivity index (χ3v) is 5.94. The quantitative estimate of drug-likeness (QED) is 0.230. The molecule has 1 amide bonds. The zero-order chi connectivity index (χ0) is 25.7. The second-order valence-corrected chi connectivity index (χ2v) is 8.82. The molecule has 3 aromatic rings. The molecule has 1 aliphatic rings. The summed E-state index contributed by atoms with van der Waals surface area (Å²) in [5.74, 6) is 6.19. The number of rotatable bonds is 9. The molecule has 0 fully saturated rings. The number of aromatic nitrogens is 1. The number of nitrogens with one attached hydrogen (secondary N) is 3. The lowest BCUT2D eigenvalue weighted by molar-refractivity contribution is -0.00690. The number of pyridine rings is 1. The van der Waals surface area contributed by atoms with Crippen LogP contribution in [0, 0.1) is 6.92 Å². The van der Waals surface area contributed by atoms with E-state index in [4.69, 9.17) is 10.7 Å². The normalized spacial score (nSPS) is 16.2. The van der Waals surface area contributed by atoms with Gasteiger partial charge >= 0.3 is 0 Å². The highest BCUT2D eigenvalue weighted by Crippen LogP contribution is 2.23. The van der Waals surface area contributed by atoms with E-state index in [1.54, 1.807) is 24.2 Å². The molecule has 1 unspecified atom stereocenters. The molecule has 1 aromatic heterocycles. The van der Waals surface area contributed by atoms with Crippen LogP contribution in [0.5, 0.6) is 0 Å². The molecule has 9 nitrogen and oxygen atoms in total. The predicted molar refractivity (Wildman–Crippen MR) is 140 cm³/mol. The Morgan fingerprint density at radius 1 is 1.25 bits per heavy atom. The number of hydroxylamine groups is 1. The van der Waals surface area contributed by atoms with Gasteiger partial charge in [-0.1, -0.05) is 18.2 Å². The van der Waals surface area contributed by atoms with E-state index in [0.717, 1.165) is 39.0 Å². The molecular formula is C27H32N6O3. The van der Waals surface area contributed by atoms with Crippen molar-refractivity contribution in [3.63, 3.8) is 0 Å². The van der Waals surface area contributed by atoms with E-state index >= 15 is 0 Å². The smallest absolute Gasteiger partial charge is 0.275 e. The average molecular weight is 489 g/mol. The largest absolute Gasteiger partial charge is 0.391 e. The van der Waals surface area contributed by atoms with Crippen LogP contribution in [-0.2, 0) is 11.4 Å². The minimum absolute atomic E-state index is 0.0207. The minimum atomic E-state index is -0.665. The predicted octanol–water partition coefficient (Wildman–Crippen LogP) is 2.33. The molecule has 2 heterocycles. The SMILES string of the molecule is CNC1=CC=C(c2ccc(C(=O)NOC[C@@H](C)O)c(C)c2)NC1N(N)Cc1ccc2ncccc2c1.